The molecule has 5 nitrogen and oxygen atoms in total. The third-order valence-electron chi connectivity index (χ3n) is 3.79. The zero-order chi connectivity index (χ0) is 16.8. The van der Waals surface area contributed by atoms with E-state index in [4.69, 9.17) is 9.47 Å². The van der Waals surface area contributed by atoms with Gasteiger partial charge in [-0.3, -0.25) is 0 Å². The van der Waals surface area contributed by atoms with Gasteiger partial charge in [-0.25, -0.2) is 4.68 Å². The first-order valence-corrected chi connectivity index (χ1v) is 7.81. The number of ether oxygens (including phenoxy) is 2. The van der Waals surface area contributed by atoms with Crippen LogP contribution >= 0.6 is 0 Å². The van der Waals surface area contributed by atoms with Crippen molar-refractivity contribution >= 4 is 0 Å². The zero-order valence-electron chi connectivity index (χ0n) is 13.9. The van der Waals surface area contributed by atoms with Gasteiger partial charge in [-0.2, -0.15) is 5.10 Å². The average Bonchev–Trinajstić information content (AvgIpc) is 3.11. The van der Waals surface area contributed by atoms with Crippen molar-refractivity contribution in [3.8, 4) is 17.2 Å². The molecule has 3 aromatic rings. The second-order valence-electron chi connectivity index (χ2n) is 5.38. The van der Waals surface area contributed by atoms with E-state index in [2.05, 4.69) is 10.4 Å². The zero-order valence-corrected chi connectivity index (χ0v) is 13.9. The Bertz CT molecular complexity index is 784. The number of methoxy groups -OCH3 is 2. The van der Waals surface area contributed by atoms with Crippen molar-refractivity contribution in [2.75, 3.05) is 14.2 Å². The fourth-order valence-electron chi connectivity index (χ4n) is 2.61. The lowest BCUT2D eigenvalue weighted by Gasteiger charge is -2.12. The number of hydrogen-bond donors (Lipinski definition) is 1. The summed E-state index contributed by atoms with van der Waals surface area (Å²) in [5, 5.41) is 7.83. The fraction of sp³-hybridized carbons (Fsp3) is 0.211. The van der Waals surface area contributed by atoms with E-state index in [1.807, 2.05) is 65.6 Å². The lowest BCUT2D eigenvalue weighted by Crippen LogP contribution is -2.13. The molecule has 124 valence electrons. The standard InChI is InChI=1S/C19H21N3O2/c1-23-18-10-6-7-16(19(18)24-2)13-20-11-15-12-21-22(14-15)17-8-4-3-5-9-17/h3-10,12,14,20H,11,13H2,1-2H3. The van der Waals surface area contributed by atoms with Gasteiger partial charge in [0, 0.05) is 30.4 Å². The highest BCUT2D eigenvalue weighted by Crippen LogP contribution is 2.30. The molecule has 1 aromatic heterocycles. The number of benzene rings is 2. The molecule has 5 heteroatoms. The van der Waals surface area contributed by atoms with E-state index < -0.39 is 0 Å². The van der Waals surface area contributed by atoms with Crippen molar-refractivity contribution in [3.05, 3.63) is 72.1 Å². The first-order valence-electron chi connectivity index (χ1n) is 7.81. The molecule has 1 heterocycles. The summed E-state index contributed by atoms with van der Waals surface area (Å²) in [5.41, 5.74) is 3.24. The molecule has 0 unspecified atom stereocenters. The van der Waals surface area contributed by atoms with Gasteiger partial charge < -0.3 is 14.8 Å². The first kappa shape index (κ1) is 16.1. The van der Waals surface area contributed by atoms with Gasteiger partial charge in [0.15, 0.2) is 11.5 Å². The molecule has 1 N–H and O–H groups in total. The third-order valence-corrected chi connectivity index (χ3v) is 3.79. The Balaban J connectivity index is 1.63. The predicted molar refractivity (Wildman–Crippen MR) is 93.7 cm³/mol. The normalized spacial score (nSPS) is 10.6. The molecule has 0 fully saturated rings. The molecule has 24 heavy (non-hydrogen) atoms. The molecular weight excluding hydrogens is 302 g/mol. The highest BCUT2D eigenvalue weighted by Gasteiger charge is 2.09. The number of nitrogens with zero attached hydrogens (tertiary/aromatic N) is 2. The van der Waals surface area contributed by atoms with E-state index in [-0.39, 0.29) is 0 Å². The monoisotopic (exact) mass is 323 g/mol. The van der Waals surface area contributed by atoms with Crippen LogP contribution in [0.25, 0.3) is 5.69 Å². The average molecular weight is 323 g/mol. The van der Waals surface area contributed by atoms with Crippen molar-refractivity contribution in [1.29, 1.82) is 0 Å². The number of aromatic nitrogens is 2. The van der Waals surface area contributed by atoms with Crippen LogP contribution in [0.1, 0.15) is 11.1 Å². The van der Waals surface area contributed by atoms with E-state index in [9.17, 15) is 0 Å². The van der Waals surface area contributed by atoms with Gasteiger partial charge in [-0.1, -0.05) is 30.3 Å². The quantitative estimate of drug-likeness (QED) is 0.725. The Labute approximate surface area is 141 Å². The van der Waals surface area contributed by atoms with Crippen LogP contribution in [0, 0.1) is 0 Å². The van der Waals surface area contributed by atoms with Crippen LogP contribution in [0.5, 0.6) is 11.5 Å². The number of hydrogen-bond acceptors (Lipinski definition) is 4. The lowest BCUT2D eigenvalue weighted by atomic mass is 10.2. The SMILES string of the molecule is COc1cccc(CNCc2cnn(-c3ccccc3)c2)c1OC. The van der Waals surface area contributed by atoms with Gasteiger partial charge in [-0.05, 0) is 18.2 Å². The van der Waals surface area contributed by atoms with Crippen LogP contribution in [0.4, 0.5) is 0 Å². The summed E-state index contributed by atoms with van der Waals surface area (Å²) >= 11 is 0. The van der Waals surface area contributed by atoms with E-state index in [0.29, 0.717) is 6.54 Å². The fourth-order valence-corrected chi connectivity index (χ4v) is 2.61. The topological polar surface area (TPSA) is 48.3 Å². The van der Waals surface area contributed by atoms with Gasteiger partial charge in [0.25, 0.3) is 0 Å². The molecule has 0 amide bonds. The Hall–Kier alpha value is -2.79. The van der Waals surface area contributed by atoms with Crippen LogP contribution in [0.3, 0.4) is 0 Å². The molecule has 0 atom stereocenters. The summed E-state index contributed by atoms with van der Waals surface area (Å²) in [5.74, 6) is 1.51. The van der Waals surface area contributed by atoms with Crippen molar-refractivity contribution in [2.45, 2.75) is 13.1 Å². The maximum atomic E-state index is 5.45. The Kier molecular flexibility index (Phi) is 5.13. The summed E-state index contributed by atoms with van der Waals surface area (Å²) in [6.45, 7) is 1.42. The summed E-state index contributed by atoms with van der Waals surface area (Å²) in [7, 11) is 3.30. The van der Waals surface area contributed by atoms with Crippen LogP contribution < -0.4 is 14.8 Å². The molecule has 2 aromatic carbocycles. The first-order chi connectivity index (χ1) is 11.8. The summed E-state index contributed by atoms with van der Waals surface area (Å²) in [6, 6.07) is 16.0. The van der Waals surface area contributed by atoms with Crippen molar-refractivity contribution in [2.24, 2.45) is 0 Å². The summed E-state index contributed by atoms with van der Waals surface area (Å²) in [4.78, 5) is 0. The van der Waals surface area contributed by atoms with Crippen molar-refractivity contribution < 1.29 is 9.47 Å². The number of nitrogens with one attached hydrogen (secondary N) is 1. The van der Waals surface area contributed by atoms with Gasteiger partial charge in [0.05, 0.1) is 26.1 Å². The minimum Gasteiger partial charge on any atom is -0.493 e. The van der Waals surface area contributed by atoms with E-state index >= 15 is 0 Å². The molecule has 0 spiro atoms. The predicted octanol–water partition coefficient (Wildman–Crippen LogP) is 3.18. The maximum Gasteiger partial charge on any atom is 0.165 e. The molecule has 0 saturated carbocycles. The highest BCUT2D eigenvalue weighted by atomic mass is 16.5. The van der Waals surface area contributed by atoms with Gasteiger partial charge in [0.1, 0.15) is 0 Å². The molecule has 0 aliphatic carbocycles. The largest absolute Gasteiger partial charge is 0.493 e. The third kappa shape index (κ3) is 3.58. The van der Waals surface area contributed by atoms with Crippen LogP contribution in [-0.4, -0.2) is 24.0 Å². The van der Waals surface area contributed by atoms with Crippen LogP contribution in [0.2, 0.25) is 0 Å². The Morgan fingerprint density at radius 2 is 1.79 bits per heavy atom. The molecule has 0 saturated heterocycles. The lowest BCUT2D eigenvalue weighted by molar-refractivity contribution is 0.350. The molecular formula is C19H21N3O2. The molecule has 0 aliphatic heterocycles. The van der Waals surface area contributed by atoms with Gasteiger partial charge in [0.2, 0.25) is 0 Å². The molecule has 0 aliphatic rings. The van der Waals surface area contributed by atoms with Crippen LogP contribution in [0.15, 0.2) is 60.9 Å². The van der Waals surface area contributed by atoms with Gasteiger partial charge in [-0.15, -0.1) is 0 Å². The summed E-state index contributed by atoms with van der Waals surface area (Å²) in [6.07, 6.45) is 3.91. The van der Waals surface area contributed by atoms with E-state index in [0.717, 1.165) is 34.9 Å². The van der Waals surface area contributed by atoms with E-state index in [1.165, 1.54) is 0 Å². The number of para-hydroxylation sites is 2. The molecule has 0 bridgehead atoms. The van der Waals surface area contributed by atoms with Crippen molar-refractivity contribution in [3.63, 3.8) is 0 Å². The molecule has 3 rings (SSSR count). The summed E-state index contributed by atoms with van der Waals surface area (Å²) < 4.78 is 12.7. The second kappa shape index (κ2) is 7.66. The molecule has 0 radical (unpaired) electrons. The van der Waals surface area contributed by atoms with E-state index in [1.54, 1.807) is 14.2 Å². The van der Waals surface area contributed by atoms with Crippen LogP contribution in [-0.2, 0) is 13.1 Å². The second-order valence-corrected chi connectivity index (χ2v) is 5.38. The maximum absolute atomic E-state index is 5.45. The number of rotatable bonds is 7. The smallest absolute Gasteiger partial charge is 0.165 e. The minimum atomic E-state index is 0.691. The Morgan fingerprint density at radius 1 is 0.958 bits per heavy atom. The van der Waals surface area contributed by atoms with Gasteiger partial charge >= 0.3 is 0 Å². The minimum absolute atomic E-state index is 0.691. The highest BCUT2D eigenvalue weighted by molar-refractivity contribution is 5.46. The van der Waals surface area contributed by atoms with Crippen molar-refractivity contribution in [1.82, 2.24) is 15.1 Å². The Morgan fingerprint density at radius 3 is 2.54 bits per heavy atom.